The Hall–Kier alpha value is -3.94. The SMILES string of the molecule is COc1ccc(CC(=O)n2nc(-c3ccco3)nc2NCc2ccc(F)cc2)cc1. The average Bonchev–Trinajstić information content (AvgIpc) is 3.44. The first-order valence-electron chi connectivity index (χ1n) is 9.28. The zero-order valence-corrected chi connectivity index (χ0v) is 16.2. The highest BCUT2D eigenvalue weighted by atomic mass is 19.1. The zero-order chi connectivity index (χ0) is 20.9. The molecule has 2 aromatic heterocycles. The minimum Gasteiger partial charge on any atom is -0.497 e. The van der Waals surface area contributed by atoms with E-state index in [0.29, 0.717) is 23.9 Å². The minimum absolute atomic E-state index is 0.135. The third kappa shape index (κ3) is 4.38. The van der Waals surface area contributed by atoms with Crippen LogP contribution in [-0.4, -0.2) is 27.8 Å². The first kappa shape index (κ1) is 19.4. The number of furan rings is 1. The van der Waals surface area contributed by atoms with Gasteiger partial charge in [0.15, 0.2) is 5.76 Å². The van der Waals surface area contributed by atoms with E-state index in [9.17, 15) is 9.18 Å². The molecular weight excluding hydrogens is 387 g/mol. The number of nitrogens with zero attached hydrogens (tertiary/aromatic N) is 3. The molecule has 0 aliphatic carbocycles. The molecule has 152 valence electrons. The predicted molar refractivity (Wildman–Crippen MR) is 109 cm³/mol. The van der Waals surface area contributed by atoms with Gasteiger partial charge in [0.2, 0.25) is 11.8 Å². The van der Waals surface area contributed by atoms with Gasteiger partial charge in [-0.15, -0.1) is 5.10 Å². The fourth-order valence-corrected chi connectivity index (χ4v) is 2.89. The molecule has 0 atom stereocenters. The van der Waals surface area contributed by atoms with Gasteiger partial charge in [0.1, 0.15) is 11.6 Å². The highest BCUT2D eigenvalue weighted by molar-refractivity contribution is 5.83. The molecule has 8 heteroatoms. The molecule has 7 nitrogen and oxygen atoms in total. The lowest BCUT2D eigenvalue weighted by Gasteiger charge is -2.08. The van der Waals surface area contributed by atoms with Crippen molar-refractivity contribution in [2.75, 3.05) is 12.4 Å². The van der Waals surface area contributed by atoms with Crippen LogP contribution in [0.1, 0.15) is 15.9 Å². The Balaban J connectivity index is 1.57. The Labute approximate surface area is 172 Å². The van der Waals surface area contributed by atoms with E-state index in [2.05, 4.69) is 15.4 Å². The highest BCUT2D eigenvalue weighted by Gasteiger charge is 2.19. The Morgan fingerprint density at radius 3 is 2.50 bits per heavy atom. The number of nitrogens with one attached hydrogen (secondary N) is 1. The molecular formula is C22H19FN4O3. The molecule has 0 aliphatic heterocycles. The highest BCUT2D eigenvalue weighted by Crippen LogP contribution is 2.20. The third-order valence-corrected chi connectivity index (χ3v) is 4.46. The molecule has 0 saturated carbocycles. The molecule has 0 saturated heterocycles. The maximum absolute atomic E-state index is 13.1. The molecule has 0 spiro atoms. The summed E-state index contributed by atoms with van der Waals surface area (Å²) in [5, 5.41) is 7.42. The number of halogens is 1. The van der Waals surface area contributed by atoms with Crippen molar-refractivity contribution in [3.8, 4) is 17.3 Å². The van der Waals surface area contributed by atoms with E-state index in [0.717, 1.165) is 11.1 Å². The van der Waals surface area contributed by atoms with Crippen molar-refractivity contribution in [3.63, 3.8) is 0 Å². The summed E-state index contributed by atoms with van der Waals surface area (Å²) in [5.41, 5.74) is 1.66. The average molecular weight is 406 g/mol. The number of ether oxygens (including phenoxy) is 1. The predicted octanol–water partition coefficient (Wildman–Crippen LogP) is 4.18. The van der Waals surface area contributed by atoms with E-state index in [1.54, 1.807) is 43.5 Å². The standard InChI is InChI=1S/C22H19FN4O3/c1-29-18-10-6-15(7-11-18)13-20(28)27-22(24-14-16-4-8-17(23)9-5-16)25-21(26-27)19-3-2-12-30-19/h2-12H,13-14H2,1H3,(H,24,25,26). The Morgan fingerprint density at radius 1 is 1.10 bits per heavy atom. The zero-order valence-electron chi connectivity index (χ0n) is 16.2. The Kier molecular flexibility index (Phi) is 5.56. The summed E-state index contributed by atoms with van der Waals surface area (Å²) in [6, 6.07) is 16.8. The largest absolute Gasteiger partial charge is 0.497 e. The van der Waals surface area contributed by atoms with Crippen molar-refractivity contribution in [2.24, 2.45) is 0 Å². The Morgan fingerprint density at radius 2 is 1.83 bits per heavy atom. The lowest BCUT2D eigenvalue weighted by atomic mass is 10.1. The van der Waals surface area contributed by atoms with Crippen LogP contribution in [0, 0.1) is 5.82 Å². The number of aromatic nitrogens is 3. The maximum atomic E-state index is 13.1. The molecule has 0 bridgehead atoms. The van der Waals surface area contributed by atoms with Crippen LogP contribution in [0.15, 0.2) is 71.3 Å². The number of hydrogen-bond acceptors (Lipinski definition) is 6. The molecule has 0 fully saturated rings. The lowest BCUT2D eigenvalue weighted by molar-refractivity contribution is 0.0901. The number of hydrogen-bond donors (Lipinski definition) is 1. The molecule has 2 heterocycles. The Bertz CT molecular complexity index is 1120. The van der Waals surface area contributed by atoms with Gasteiger partial charge in [0.25, 0.3) is 5.91 Å². The van der Waals surface area contributed by atoms with Crippen LogP contribution < -0.4 is 10.1 Å². The van der Waals surface area contributed by atoms with Gasteiger partial charge >= 0.3 is 0 Å². The van der Waals surface area contributed by atoms with Crippen molar-refractivity contribution < 1.29 is 18.3 Å². The number of carbonyl (C=O) groups is 1. The van der Waals surface area contributed by atoms with E-state index < -0.39 is 0 Å². The summed E-state index contributed by atoms with van der Waals surface area (Å²) in [7, 11) is 1.59. The van der Waals surface area contributed by atoms with E-state index in [1.807, 2.05) is 12.1 Å². The summed E-state index contributed by atoms with van der Waals surface area (Å²) < 4.78 is 24.9. The fourth-order valence-electron chi connectivity index (χ4n) is 2.89. The smallest absolute Gasteiger partial charge is 0.254 e. The van der Waals surface area contributed by atoms with Crippen LogP contribution in [0.5, 0.6) is 5.75 Å². The van der Waals surface area contributed by atoms with Crippen molar-refractivity contribution in [1.29, 1.82) is 0 Å². The molecule has 2 aromatic carbocycles. The van der Waals surface area contributed by atoms with Crippen molar-refractivity contribution >= 4 is 11.9 Å². The van der Waals surface area contributed by atoms with Crippen molar-refractivity contribution in [1.82, 2.24) is 14.8 Å². The van der Waals surface area contributed by atoms with Gasteiger partial charge in [-0.25, -0.2) is 4.39 Å². The molecule has 0 amide bonds. The normalized spacial score (nSPS) is 10.7. The third-order valence-electron chi connectivity index (χ3n) is 4.46. The van der Waals surface area contributed by atoms with Crippen LogP contribution in [0.25, 0.3) is 11.6 Å². The van der Waals surface area contributed by atoms with Gasteiger partial charge in [-0.05, 0) is 47.5 Å². The van der Waals surface area contributed by atoms with E-state index in [-0.39, 0.29) is 24.1 Å². The summed E-state index contributed by atoms with van der Waals surface area (Å²) >= 11 is 0. The first-order chi connectivity index (χ1) is 14.6. The van der Waals surface area contributed by atoms with Crippen LogP contribution in [0.2, 0.25) is 0 Å². The number of carbonyl (C=O) groups excluding carboxylic acids is 1. The summed E-state index contributed by atoms with van der Waals surface area (Å²) in [6.07, 6.45) is 1.65. The van der Waals surface area contributed by atoms with Gasteiger partial charge < -0.3 is 14.5 Å². The van der Waals surface area contributed by atoms with Crippen LogP contribution in [0.3, 0.4) is 0 Å². The fraction of sp³-hybridized carbons (Fsp3) is 0.136. The van der Waals surface area contributed by atoms with Gasteiger partial charge in [0.05, 0.1) is 19.8 Å². The van der Waals surface area contributed by atoms with E-state index in [4.69, 9.17) is 9.15 Å². The second kappa shape index (κ2) is 8.60. The van der Waals surface area contributed by atoms with Crippen LogP contribution in [-0.2, 0) is 13.0 Å². The van der Waals surface area contributed by atoms with E-state index >= 15 is 0 Å². The summed E-state index contributed by atoms with van der Waals surface area (Å²) in [4.78, 5) is 17.3. The van der Waals surface area contributed by atoms with Crippen molar-refractivity contribution in [3.05, 3.63) is 83.9 Å². The van der Waals surface area contributed by atoms with Crippen LogP contribution >= 0.6 is 0 Å². The first-order valence-corrected chi connectivity index (χ1v) is 9.28. The van der Waals surface area contributed by atoms with Crippen molar-refractivity contribution in [2.45, 2.75) is 13.0 Å². The van der Waals surface area contributed by atoms with Gasteiger partial charge in [-0.2, -0.15) is 9.67 Å². The minimum atomic E-state index is -0.309. The second-order valence-corrected chi connectivity index (χ2v) is 6.55. The van der Waals surface area contributed by atoms with Gasteiger partial charge in [-0.1, -0.05) is 24.3 Å². The lowest BCUT2D eigenvalue weighted by Crippen LogP contribution is -2.18. The number of anilines is 1. The van der Waals surface area contributed by atoms with E-state index in [1.165, 1.54) is 23.1 Å². The van der Waals surface area contributed by atoms with Gasteiger partial charge in [0, 0.05) is 6.54 Å². The number of rotatable bonds is 7. The quantitative estimate of drug-likeness (QED) is 0.496. The maximum Gasteiger partial charge on any atom is 0.254 e. The molecule has 0 unspecified atom stereocenters. The second-order valence-electron chi connectivity index (χ2n) is 6.55. The molecule has 4 aromatic rings. The van der Waals surface area contributed by atoms with Crippen LogP contribution in [0.4, 0.5) is 10.3 Å². The molecule has 1 N–H and O–H groups in total. The number of benzene rings is 2. The summed E-state index contributed by atoms with van der Waals surface area (Å²) in [5.74, 6) is 1.18. The molecule has 0 aliphatic rings. The summed E-state index contributed by atoms with van der Waals surface area (Å²) in [6.45, 7) is 0.354. The molecule has 4 rings (SSSR count). The monoisotopic (exact) mass is 406 g/mol. The topological polar surface area (TPSA) is 82.2 Å². The molecule has 0 radical (unpaired) electrons. The molecule has 30 heavy (non-hydrogen) atoms. The number of methoxy groups -OCH3 is 1. The van der Waals surface area contributed by atoms with Gasteiger partial charge in [-0.3, -0.25) is 4.79 Å².